The summed E-state index contributed by atoms with van der Waals surface area (Å²) in [6, 6.07) is 26.1. The molecule has 0 saturated carbocycles. The average Bonchev–Trinajstić information content (AvgIpc) is 3.23. The molecule has 1 unspecified atom stereocenters. The van der Waals surface area contributed by atoms with Gasteiger partial charge in [0.25, 0.3) is 11.8 Å². The molecule has 0 radical (unpaired) electrons. The Morgan fingerprint density at radius 1 is 0.800 bits per heavy atom. The Morgan fingerprint density at radius 2 is 1.45 bits per heavy atom. The lowest BCUT2D eigenvalue weighted by atomic mass is 9.92. The second-order valence-electron chi connectivity index (χ2n) is 8.94. The summed E-state index contributed by atoms with van der Waals surface area (Å²) >= 11 is 6.08. The molecule has 1 aliphatic rings. The first-order chi connectivity index (χ1) is 19.3. The summed E-state index contributed by atoms with van der Waals surface area (Å²) < 4.78 is 0. The number of rotatable bonds is 7. The normalized spacial score (nSPS) is 14.8. The van der Waals surface area contributed by atoms with Gasteiger partial charge in [-0.05, 0) is 54.1 Å². The van der Waals surface area contributed by atoms with E-state index in [0.717, 1.165) is 0 Å². The van der Waals surface area contributed by atoms with E-state index in [1.54, 1.807) is 66.7 Å². The second kappa shape index (κ2) is 10.9. The Balaban J connectivity index is 1.51. The third-order valence-electron chi connectivity index (χ3n) is 6.46. The molecule has 0 spiro atoms. The van der Waals surface area contributed by atoms with Crippen LogP contribution in [0.2, 0.25) is 5.02 Å². The number of Topliss-reactive ketones (excluding diaryl/α,β-unsaturated/α-hetero) is 1. The SMILES string of the molecule is O=C(C1=C(O)C(=O)N(c2ccccc2)C1c1ccc(Cl)cc1)c1cccc(NC(=O)c2ccccc2C(=O)O)c1. The molecule has 8 nitrogen and oxygen atoms in total. The number of carbonyl (C=O) groups excluding carboxylic acids is 3. The van der Waals surface area contributed by atoms with Gasteiger partial charge in [0.05, 0.1) is 22.7 Å². The molecular weight excluding hydrogens is 532 g/mol. The number of amides is 2. The van der Waals surface area contributed by atoms with Gasteiger partial charge < -0.3 is 15.5 Å². The number of carboxylic acid groups (broad SMARTS) is 1. The summed E-state index contributed by atoms with van der Waals surface area (Å²) in [6.45, 7) is 0. The maximum absolute atomic E-state index is 13.9. The monoisotopic (exact) mass is 552 g/mol. The zero-order chi connectivity index (χ0) is 28.4. The van der Waals surface area contributed by atoms with Crippen LogP contribution in [0.4, 0.5) is 11.4 Å². The molecule has 5 rings (SSSR count). The van der Waals surface area contributed by atoms with Crippen molar-refractivity contribution in [1.29, 1.82) is 0 Å². The number of aromatic carboxylic acids is 1. The van der Waals surface area contributed by atoms with Gasteiger partial charge in [0.15, 0.2) is 11.5 Å². The van der Waals surface area contributed by atoms with Gasteiger partial charge in [0, 0.05) is 22.0 Å². The Morgan fingerprint density at radius 3 is 2.12 bits per heavy atom. The van der Waals surface area contributed by atoms with Crippen molar-refractivity contribution in [1.82, 2.24) is 0 Å². The van der Waals surface area contributed by atoms with E-state index in [-0.39, 0.29) is 28.0 Å². The maximum atomic E-state index is 13.9. The van der Waals surface area contributed by atoms with Crippen LogP contribution in [-0.2, 0) is 4.79 Å². The number of nitrogens with one attached hydrogen (secondary N) is 1. The van der Waals surface area contributed by atoms with Crippen LogP contribution >= 0.6 is 11.6 Å². The van der Waals surface area contributed by atoms with Crippen molar-refractivity contribution in [2.45, 2.75) is 6.04 Å². The molecule has 4 aromatic carbocycles. The molecule has 198 valence electrons. The molecule has 1 aliphatic heterocycles. The molecular formula is C31H21ClN2O6. The highest BCUT2D eigenvalue weighted by Crippen LogP contribution is 2.42. The van der Waals surface area contributed by atoms with Gasteiger partial charge >= 0.3 is 5.97 Å². The topological polar surface area (TPSA) is 124 Å². The highest BCUT2D eigenvalue weighted by Gasteiger charge is 2.44. The smallest absolute Gasteiger partial charge is 0.336 e. The van der Waals surface area contributed by atoms with E-state index in [2.05, 4.69) is 5.32 Å². The number of anilines is 2. The number of carbonyl (C=O) groups is 4. The van der Waals surface area contributed by atoms with Crippen molar-refractivity contribution < 1.29 is 29.4 Å². The number of hydrogen-bond donors (Lipinski definition) is 3. The first kappa shape index (κ1) is 26.4. The van der Waals surface area contributed by atoms with Gasteiger partial charge in [0.2, 0.25) is 0 Å². The van der Waals surface area contributed by atoms with Crippen LogP contribution in [0.1, 0.15) is 42.7 Å². The number of carboxylic acids is 1. The molecule has 0 fully saturated rings. The van der Waals surface area contributed by atoms with Gasteiger partial charge in [-0.15, -0.1) is 0 Å². The lowest BCUT2D eigenvalue weighted by Crippen LogP contribution is -2.31. The van der Waals surface area contributed by atoms with Crippen LogP contribution < -0.4 is 10.2 Å². The highest BCUT2D eigenvalue weighted by atomic mass is 35.5. The average molecular weight is 553 g/mol. The summed E-state index contributed by atoms with van der Waals surface area (Å²) in [6.07, 6.45) is 0. The molecule has 4 aromatic rings. The number of ketones is 1. The fourth-order valence-corrected chi connectivity index (χ4v) is 4.74. The summed E-state index contributed by atoms with van der Waals surface area (Å²) in [5.41, 5.74) is 1.03. The molecule has 1 atom stereocenters. The third-order valence-corrected chi connectivity index (χ3v) is 6.71. The fraction of sp³-hybridized carbons (Fsp3) is 0.0323. The minimum atomic E-state index is -1.25. The van der Waals surface area contributed by atoms with Crippen LogP contribution in [0.3, 0.4) is 0 Å². The molecule has 3 N–H and O–H groups in total. The van der Waals surface area contributed by atoms with Crippen LogP contribution in [0, 0.1) is 0 Å². The van der Waals surface area contributed by atoms with Crippen molar-refractivity contribution >= 4 is 46.5 Å². The number of nitrogens with zero attached hydrogens (tertiary/aromatic N) is 1. The van der Waals surface area contributed by atoms with Crippen LogP contribution in [0.25, 0.3) is 0 Å². The lowest BCUT2D eigenvalue weighted by Gasteiger charge is -2.27. The minimum absolute atomic E-state index is 0.0465. The third kappa shape index (κ3) is 4.95. The first-order valence-corrected chi connectivity index (χ1v) is 12.5. The maximum Gasteiger partial charge on any atom is 0.336 e. The molecule has 0 aliphatic carbocycles. The van der Waals surface area contributed by atoms with E-state index in [1.165, 1.54) is 41.3 Å². The van der Waals surface area contributed by atoms with E-state index in [0.29, 0.717) is 16.3 Å². The quantitative estimate of drug-likeness (QED) is 0.239. The van der Waals surface area contributed by atoms with E-state index >= 15 is 0 Å². The molecule has 40 heavy (non-hydrogen) atoms. The van der Waals surface area contributed by atoms with Crippen LogP contribution in [0.15, 0.2) is 114 Å². The summed E-state index contributed by atoms with van der Waals surface area (Å²) in [5.74, 6) is -3.96. The van der Waals surface area contributed by atoms with E-state index in [9.17, 15) is 29.4 Å². The highest BCUT2D eigenvalue weighted by molar-refractivity contribution is 6.30. The van der Waals surface area contributed by atoms with Crippen molar-refractivity contribution in [2.24, 2.45) is 0 Å². The van der Waals surface area contributed by atoms with Gasteiger partial charge in [-0.2, -0.15) is 0 Å². The van der Waals surface area contributed by atoms with Crippen molar-refractivity contribution in [3.63, 3.8) is 0 Å². The van der Waals surface area contributed by atoms with E-state index in [1.807, 2.05) is 0 Å². The summed E-state index contributed by atoms with van der Waals surface area (Å²) in [5, 5.41) is 23.5. The van der Waals surface area contributed by atoms with Gasteiger partial charge in [-0.1, -0.05) is 66.2 Å². The Hall–Kier alpha value is -5.21. The fourth-order valence-electron chi connectivity index (χ4n) is 4.61. The van der Waals surface area contributed by atoms with Crippen molar-refractivity contribution in [3.05, 3.63) is 142 Å². The Kier molecular flexibility index (Phi) is 7.18. The predicted molar refractivity (Wildman–Crippen MR) is 150 cm³/mol. The Labute approximate surface area is 233 Å². The first-order valence-electron chi connectivity index (χ1n) is 12.1. The summed E-state index contributed by atoms with van der Waals surface area (Å²) in [4.78, 5) is 52.9. The number of aliphatic hydroxyl groups excluding tert-OH is 1. The zero-order valence-electron chi connectivity index (χ0n) is 20.7. The molecule has 9 heteroatoms. The molecule has 0 bridgehead atoms. The van der Waals surface area contributed by atoms with Gasteiger partial charge in [0.1, 0.15) is 0 Å². The number of halogens is 1. The second-order valence-corrected chi connectivity index (χ2v) is 9.38. The standard InChI is InChI=1S/C31H21ClN2O6/c32-20-15-13-18(14-16-20)26-25(28(36)30(38)34(26)22-9-2-1-3-10-22)27(35)19-7-6-8-21(17-19)33-29(37)23-11-4-5-12-24(23)31(39)40/h1-17,26,36H,(H,33,37)(H,39,40). The number of benzene rings is 4. The van der Waals surface area contributed by atoms with Gasteiger partial charge in [-0.3, -0.25) is 19.3 Å². The molecule has 0 saturated heterocycles. The molecule has 1 heterocycles. The van der Waals surface area contributed by atoms with Crippen molar-refractivity contribution in [3.8, 4) is 0 Å². The number of para-hydroxylation sites is 1. The number of aliphatic hydroxyl groups is 1. The van der Waals surface area contributed by atoms with Crippen LogP contribution in [-0.4, -0.2) is 33.8 Å². The summed E-state index contributed by atoms with van der Waals surface area (Å²) in [7, 11) is 0. The van der Waals surface area contributed by atoms with Gasteiger partial charge in [-0.25, -0.2) is 4.79 Å². The minimum Gasteiger partial charge on any atom is -0.503 e. The molecule has 2 amide bonds. The van der Waals surface area contributed by atoms with E-state index < -0.39 is 35.4 Å². The predicted octanol–water partition coefficient (Wildman–Crippen LogP) is 6.07. The zero-order valence-corrected chi connectivity index (χ0v) is 21.5. The van der Waals surface area contributed by atoms with Crippen molar-refractivity contribution in [2.75, 3.05) is 10.2 Å². The lowest BCUT2D eigenvalue weighted by molar-refractivity contribution is -0.117. The number of hydrogen-bond acceptors (Lipinski definition) is 5. The molecule has 0 aromatic heterocycles. The Bertz CT molecular complexity index is 1680. The van der Waals surface area contributed by atoms with E-state index in [4.69, 9.17) is 11.6 Å². The largest absolute Gasteiger partial charge is 0.503 e. The van der Waals surface area contributed by atoms with Crippen LogP contribution in [0.5, 0.6) is 0 Å².